The first kappa shape index (κ1) is 17.5. The van der Waals surface area contributed by atoms with Crippen molar-refractivity contribution in [1.29, 1.82) is 0 Å². The van der Waals surface area contributed by atoms with Crippen LogP contribution < -0.4 is 10.6 Å². The molecule has 2 aliphatic rings. The minimum absolute atomic E-state index is 0.154. The molecule has 25 heavy (non-hydrogen) atoms. The second-order valence-corrected chi connectivity index (χ2v) is 7.13. The molecule has 1 spiro atoms. The van der Waals surface area contributed by atoms with Gasteiger partial charge in [-0.25, -0.2) is 9.69 Å². The van der Waals surface area contributed by atoms with Gasteiger partial charge in [0.1, 0.15) is 11.6 Å². The van der Waals surface area contributed by atoms with Crippen LogP contribution in [0.15, 0.2) is 30.3 Å². The van der Waals surface area contributed by atoms with Gasteiger partial charge in [0.25, 0.3) is 5.91 Å². The standard InChI is InChI=1S/C19H25N3O3/c1-13(15-8-4-3-5-9-15)12-20-16(23)14(2)22-17(24)19(21-18(22)25)10-6-7-11-19/h3-5,8-9,13-14H,6-7,10-12H2,1-2H3,(H,20,23)(H,21,25)/t13-,14+/m1/s1. The van der Waals surface area contributed by atoms with Crippen LogP contribution in [0, 0.1) is 0 Å². The van der Waals surface area contributed by atoms with Crippen LogP contribution in [0.5, 0.6) is 0 Å². The van der Waals surface area contributed by atoms with Crippen molar-refractivity contribution in [2.75, 3.05) is 6.54 Å². The van der Waals surface area contributed by atoms with E-state index in [1.54, 1.807) is 6.92 Å². The molecule has 4 amide bonds. The van der Waals surface area contributed by atoms with Gasteiger partial charge in [-0.15, -0.1) is 0 Å². The number of imide groups is 1. The molecule has 1 saturated carbocycles. The molecule has 2 atom stereocenters. The summed E-state index contributed by atoms with van der Waals surface area (Å²) in [5.41, 5.74) is 0.360. The summed E-state index contributed by atoms with van der Waals surface area (Å²) in [7, 11) is 0. The van der Waals surface area contributed by atoms with Crippen molar-refractivity contribution in [2.45, 2.75) is 57.0 Å². The van der Waals surface area contributed by atoms with Crippen molar-refractivity contribution < 1.29 is 14.4 Å². The average molecular weight is 343 g/mol. The predicted molar refractivity (Wildman–Crippen MR) is 93.9 cm³/mol. The smallest absolute Gasteiger partial charge is 0.325 e. The van der Waals surface area contributed by atoms with Crippen LogP contribution in [0.3, 0.4) is 0 Å². The Balaban J connectivity index is 1.61. The van der Waals surface area contributed by atoms with Gasteiger partial charge in [-0.05, 0) is 31.2 Å². The largest absolute Gasteiger partial charge is 0.354 e. The molecule has 0 unspecified atom stereocenters. The average Bonchev–Trinajstić information content (AvgIpc) is 3.18. The summed E-state index contributed by atoms with van der Waals surface area (Å²) >= 11 is 0. The number of nitrogens with one attached hydrogen (secondary N) is 2. The third-order valence-corrected chi connectivity index (χ3v) is 5.37. The first-order valence-corrected chi connectivity index (χ1v) is 8.93. The number of hydrogen-bond acceptors (Lipinski definition) is 3. The van der Waals surface area contributed by atoms with Crippen molar-refractivity contribution in [2.24, 2.45) is 0 Å². The van der Waals surface area contributed by atoms with E-state index in [4.69, 9.17) is 0 Å². The second-order valence-electron chi connectivity index (χ2n) is 7.13. The molecule has 6 nitrogen and oxygen atoms in total. The second kappa shape index (κ2) is 6.86. The maximum atomic E-state index is 12.7. The molecule has 1 aliphatic carbocycles. The van der Waals surface area contributed by atoms with Gasteiger partial charge in [0.15, 0.2) is 0 Å². The molecule has 0 aromatic heterocycles. The van der Waals surface area contributed by atoms with Crippen LogP contribution in [0.25, 0.3) is 0 Å². The lowest BCUT2D eigenvalue weighted by molar-refractivity contribution is -0.137. The van der Waals surface area contributed by atoms with E-state index >= 15 is 0 Å². The molecule has 1 aliphatic heterocycles. The van der Waals surface area contributed by atoms with Crippen LogP contribution in [0.4, 0.5) is 4.79 Å². The van der Waals surface area contributed by atoms with Crippen LogP contribution in [0.2, 0.25) is 0 Å². The minimum Gasteiger partial charge on any atom is -0.354 e. The van der Waals surface area contributed by atoms with Crippen molar-refractivity contribution in [3.05, 3.63) is 35.9 Å². The Kier molecular flexibility index (Phi) is 4.79. The Labute approximate surface area is 148 Å². The molecule has 1 heterocycles. The third kappa shape index (κ3) is 3.25. The first-order valence-electron chi connectivity index (χ1n) is 8.93. The molecule has 134 valence electrons. The fourth-order valence-electron chi connectivity index (χ4n) is 3.73. The lowest BCUT2D eigenvalue weighted by atomic mass is 9.97. The predicted octanol–water partition coefficient (Wildman–Crippen LogP) is 2.16. The van der Waals surface area contributed by atoms with Crippen LogP contribution in [-0.2, 0) is 9.59 Å². The van der Waals surface area contributed by atoms with Gasteiger partial charge in [0, 0.05) is 6.54 Å². The number of urea groups is 1. The zero-order valence-corrected chi connectivity index (χ0v) is 14.7. The Morgan fingerprint density at radius 1 is 1.20 bits per heavy atom. The summed E-state index contributed by atoms with van der Waals surface area (Å²) in [5, 5.41) is 5.68. The summed E-state index contributed by atoms with van der Waals surface area (Å²) in [6, 6.07) is 8.65. The van der Waals surface area contributed by atoms with Crippen molar-refractivity contribution >= 4 is 17.8 Å². The summed E-state index contributed by atoms with van der Waals surface area (Å²) in [6.45, 7) is 4.09. The van der Waals surface area contributed by atoms with Gasteiger partial charge in [-0.1, -0.05) is 50.1 Å². The fraction of sp³-hybridized carbons (Fsp3) is 0.526. The molecule has 0 radical (unpaired) electrons. The van der Waals surface area contributed by atoms with Gasteiger partial charge in [0.05, 0.1) is 0 Å². The zero-order chi connectivity index (χ0) is 18.0. The summed E-state index contributed by atoms with van der Waals surface area (Å²) in [6.07, 6.45) is 3.17. The van der Waals surface area contributed by atoms with Gasteiger partial charge in [0.2, 0.25) is 5.91 Å². The number of amides is 4. The van der Waals surface area contributed by atoms with E-state index in [0.29, 0.717) is 19.4 Å². The third-order valence-electron chi connectivity index (χ3n) is 5.37. The monoisotopic (exact) mass is 343 g/mol. The number of carbonyl (C=O) groups excluding carboxylic acids is 3. The quantitative estimate of drug-likeness (QED) is 0.804. The number of benzene rings is 1. The van der Waals surface area contributed by atoms with Crippen molar-refractivity contribution in [3.8, 4) is 0 Å². The Bertz CT molecular complexity index is 668. The summed E-state index contributed by atoms with van der Waals surface area (Å²) in [5.74, 6) is -0.406. The molecule has 2 fully saturated rings. The number of rotatable bonds is 5. The zero-order valence-electron chi connectivity index (χ0n) is 14.7. The Morgan fingerprint density at radius 2 is 1.84 bits per heavy atom. The van der Waals surface area contributed by atoms with E-state index in [0.717, 1.165) is 23.3 Å². The lowest BCUT2D eigenvalue weighted by Crippen LogP contribution is -2.50. The number of carbonyl (C=O) groups is 3. The highest BCUT2D eigenvalue weighted by Crippen LogP contribution is 2.35. The van der Waals surface area contributed by atoms with Gasteiger partial charge in [-0.2, -0.15) is 0 Å². The van der Waals surface area contributed by atoms with Gasteiger partial charge < -0.3 is 10.6 Å². The molecule has 6 heteroatoms. The highest BCUT2D eigenvalue weighted by atomic mass is 16.2. The topological polar surface area (TPSA) is 78.5 Å². The lowest BCUT2D eigenvalue weighted by Gasteiger charge is -2.24. The van der Waals surface area contributed by atoms with E-state index in [-0.39, 0.29) is 17.7 Å². The highest BCUT2D eigenvalue weighted by molar-refractivity contribution is 6.09. The summed E-state index contributed by atoms with van der Waals surface area (Å²) < 4.78 is 0. The van der Waals surface area contributed by atoms with E-state index in [2.05, 4.69) is 10.6 Å². The minimum atomic E-state index is -0.810. The van der Waals surface area contributed by atoms with Gasteiger partial charge in [-0.3, -0.25) is 9.59 Å². The van der Waals surface area contributed by atoms with Gasteiger partial charge >= 0.3 is 6.03 Å². The van der Waals surface area contributed by atoms with Crippen LogP contribution in [0.1, 0.15) is 51.0 Å². The van der Waals surface area contributed by atoms with E-state index in [9.17, 15) is 14.4 Å². The fourth-order valence-corrected chi connectivity index (χ4v) is 3.73. The molecule has 2 N–H and O–H groups in total. The number of hydrogen-bond donors (Lipinski definition) is 2. The Hall–Kier alpha value is -2.37. The Morgan fingerprint density at radius 3 is 2.48 bits per heavy atom. The van der Waals surface area contributed by atoms with Crippen molar-refractivity contribution in [1.82, 2.24) is 15.5 Å². The van der Waals surface area contributed by atoms with E-state index in [1.807, 2.05) is 37.3 Å². The first-order chi connectivity index (χ1) is 11.9. The van der Waals surface area contributed by atoms with Crippen molar-refractivity contribution in [3.63, 3.8) is 0 Å². The molecule has 1 aromatic rings. The van der Waals surface area contributed by atoms with E-state index < -0.39 is 17.6 Å². The highest BCUT2D eigenvalue weighted by Gasteiger charge is 2.54. The van der Waals surface area contributed by atoms with Crippen LogP contribution >= 0.6 is 0 Å². The molecular weight excluding hydrogens is 318 g/mol. The molecule has 1 saturated heterocycles. The maximum Gasteiger partial charge on any atom is 0.325 e. The maximum absolute atomic E-state index is 12.7. The molecule has 3 rings (SSSR count). The molecular formula is C19H25N3O3. The molecule has 0 bridgehead atoms. The molecule has 1 aromatic carbocycles. The SMILES string of the molecule is C[C@H](CNC(=O)[C@H](C)N1C(=O)NC2(CCCC2)C1=O)c1ccccc1. The van der Waals surface area contributed by atoms with E-state index in [1.165, 1.54) is 0 Å². The van der Waals surface area contributed by atoms with Crippen LogP contribution in [-0.4, -0.2) is 40.9 Å². The number of nitrogens with zero attached hydrogens (tertiary/aromatic N) is 1. The summed E-state index contributed by atoms with van der Waals surface area (Å²) in [4.78, 5) is 38.5. The normalized spacial score (nSPS) is 21.3.